The second-order valence-electron chi connectivity index (χ2n) is 9.26. The Labute approximate surface area is 195 Å². The van der Waals surface area contributed by atoms with Crippen LogP contribution in [0.25, 0.3) is 15.7 Å². The van der Waals surface area contributed by atoms with E-state index in [0.29, 0.717) is 5.78 Å². The first-order valence-corrected chi connectivity index (χ1v) is 13.0. The molecule has 2 aliphatic rings. The molecule has 0 bridgehead atoms. The highest BCUT2D eigenvalue weighted by Gasteiger charge is 2.31. The summed E-state index contributed by atoms with van der Waals surface area (Å²) in [4.78, 5) is 20.5. The average Bonchev–Trinajstić information content (AvgIpc) is 3.49. The molecule has 1 aliphatic heterocycles. The van der Waals surface area contributed by atoms with Crippen LogP contribution >= 0.6 is 11.3 Å². The molecular weight excluding hydrogens is 412 g/mol. The Kier molecular flexibility index (Phi) is 6.80. The van der Waals surface area contributed by atoms with Crippen molar-refractivity contribution in [3.63, 3.8) is 0 Å². The molecule has 1 unspecified atom stereocenters. The number of allylic oxidation sites excluding steroid dienone is 1. The van der Waals surface area contributed by atoms with Gasteiger partial charge in [0.15, 0.2) is 0 Å². The Bertz CT molecular complexity index is 1080. The largest absolute Gasteiger partial charge is 0.300 e. The molecule has 1 atom stereocenters. The third-order valence-corrected chi connectivity index (χ3v) is 8.18. The monoisotopic (exact) mass is 444 g/mol. The highest BCUT2D eigenvalue weighted by atomic mass is 32.1. The van der Waals surface area contributed by atoms with E-state index in [1.165, 1.54) is 40.5 Å². The van der Waals surface area contributed by atoms with E-state index < -0.39 is 0 Å². The van der Waals surface area contributed by atoms with E-state index in [-0.39, 0.29) is 11.8 Å². The van der Waals surface area contributed by atoms with Gasteiger partial charge < -0.3 is 0 Å². The lowest BCUT2D eigenvalue weighted by Crippen LogP contribution is -2.29. The highest BCUT2D eigenvalue weighted by Crippen LogP contribution is 2.34. The predicted octanol–water partition coefficient (Wildman–Crippen LogP) is 6.71. The lowest BCUT2D eigenvalue weighted by atomic mass is 9.86. The number of thiophene rings is 1. The lowest BCUT2D eigenvalue weighted by Gasteiger charge is -2.24. The Morgan fingerprint density at radius 3 is 2.84 bits per heavy atom. The van der Waals surface area contributed by atoms with Crippen LogP contribution in [0.4, 0.5) is 0 Å². The van der Waals surface area contributed by atoms with Crippen LogP contribution in [0.3, 0.4) is 0 Å². The van der Waals surface area contributed by atoms with Crippen molar-refractivity contribution in [1.29, 1.82) is 0 Å². The summed E-state index contributed by atoms with van der Waals surface area (Å²) in [6, 6.07) is 14.9. The van der Waals surface area contributed by atoms with E-state index in [1.54, 1.807) is 0 Å². The number of rotatable bonds is 7. The van der Waals surface area contributed by atoms with Gasteiger partial charge in [-0.15, -0.1) is 11.3 Å². The Morgan fingerprint density at radius 2 is 2.00 bits per heavy atom. The predicted molar refractivity (Wildman–Crippen MR) is 134 cm³/mol. The van der Waals surface area contributed by atoms with E-state index in [0.717, 1.165) is 51.0 Å². The second-order valence-corrected chi connectivity index (χ2v) is 10.2. The molecule has 3 nitrogen and oxygen atoms in total. The van der Waals surface area contributed by atoms with Crippen LogP contribution in [0.2, 0.25) is 0 Å². The van der Waals surface area contributed by atoms with Gasteiger partial charge >= 0.3 is 0 Å². The molecular formula is C28H32N2OS. The molecule has 1 saturated carbocycles. The summed E-state index contributed by atoms with van der Waals surface area (Å²) >= 11 is 1.84. The minimum absolute atomic E-state index is 0.0640. The minimum atomic E-state index is -0.0640. The maximum absolute atomic E-state index is 13.4. The number of hydrogen-bond donors (Lipinski definition) is 0. The van der Waals surface area contributed by atoms with E-state index in [4.69, 9.17) is 0 Å². The van der Waals surface area contributed by atoms with Crippen molar-refractivity contribution in [3.05, 3.63) is 71.4 Å². The minimum Gasteiger partial charge on any atom is -0.300 e. The zero-order chi connectivity index (χ0) is 21.8. The van der Waals surface area contributed by atoms with Gasteiger partial charge in [0.05, 0.1) is 11.6 Å². The molecule has 3 aromatic rings. The first-order chi connectivity index (χ1) is 15.8. The molecule has 1 aliphatic carbocycles. The van der Waals surface area contributed by atoms with Crippen molar-refractivity contribution in [1.82, 2.24) is 9.88 Å². The van der Waals surface area contributed by atoms with Crippen LogP contribution in [0, 0.1) is 5.92 Å². The molecule has 0 spiro atoms. The van der Waals surface area contributed by atoms with Crippen molar-refractivity contribution in [3.8, 4) is 0 Å². The number of hydrogen-bond acceptors (Lipinski definition) is 4. The number of carbonyl (C=O) groups excluding carboxylic acids is 1. The average molecular weight is 445 g/mol. The molecule has 2 aromatic heterocycles. The maximum Gasteiger partial charge on any atom is 0.145 e. The number of Topliss-reactive ketones (excluding diaryl/α,β-unsaturated/α-hetero) is 1. The number of pyridine rings is 1. The zero-order valence-electron chi connectivity index (χ0n) is 18.7. The van der Waals surface area contributed by atoms with Crippen LogP contribution in [0.15, 0.2) is 60.1 Å². The van der Waals surface area contributed by atoms with Gasteiger partial charge in [-0.25, -0.2) is 0 Å². The van der Waals surface area contributed by atoms with Crippen molar-refractivity contribution in [2.75, 3.05) is 19.6 Å². The number of aromatic nitrogens is 1. The highest BCUT2D eigenvalue weighted by molar-refractivity contribution is 7.17. The van der Waals surface area contributed by atoms with E-state index in [2.05, 4.69) is 45.6 Å². The van der Waals surface area contributed by atoms with Gasteiger partial charge in [-0.1, -0.05) is 43.2 Å². The summed E-state index contributed by atoms with van der Waals surface area (Å²) < 4.78 is 1.41. The number of fused-ring (bicyclic) bond motifs is 1. The van der Waals surface area contributed by atoms with E-state index in [9.17, 15) is 4.79 Å². The second kappa shape index (κ2) is 10.1. The molecule has 4 heteroatoms. The number of benzene rings is 1. The molecule has 0 saturated heterocycles. The van der Waals surface area contributed by atoms with Crippen LogP contribution in [0.5, 0.6) is 0 Å². The van der Waals surface area contributed by atoms with Crippen LogP contribution in [-0.4, -0.2) is 35.3 Å². The summed E-state index contributed by atoms with van der Waals surface area (Å²) in [5.74, 6) is 0.603. The molecule has 0 radical (unpaired) electrons. The zero-order valence-corrected chi connectivity index (χ0v) is 19.5. The smallest absolute Gasteiger partial charge is 0.145 e. The third-order valence-electron chi connectivity index (χ3n) is 7.22. The topological polar surface area (TPSA) is 33.2 Å². The quantitative estimate of drug-likeness (QED) is 0.406. The van der Waals surface area contributed by atoms with Gasteiger partial charge in [-0.2, -0.15) is 0 Å². The van der Waals surface area contributed by atoms with Crippen molar-refractivity contribution < 1.29 is 4.79 Å². The summed E-state index contributed by atoms with van der Waals surface area (Å²) in [7, 11) is 0. The van der Waals surface area contributed by atoms with Gasteiger partial charge in [0.1, 0.15) is 5.78 Å². The third kappa shape index (κ3) is 4.72. The SMILES string of the molecule is O=C(C1CCCC1)C(CCN1CC=C(c2cccc3ccsc23)CCC1)c1ccccn1. The van der Waals surface area contributed by atoms with Gasteiger partial charge in [0, 0.05) is 23.4 Å². The maximum atomic E-state index is 13.4. The first-order valence-electron chi connectivity index (χ1n) is 12.1. The van der Waals surface area contributed by atoms with Gasteiger partial charge in [-0.05, 0) is 85.3 Å². The molecule has 5 rings (SSSR count). The molecule has 0 amide bonds. The fourth-order valence-corrected chi connectivity index (χ4v) is 6.39. The van der Waals surface area contributed by atoms with E-state index in [1.807, 2.05) is 35.7 Å². The summed E-state index contributed by atoms with van der Waals surface area (Å²) in [6.45, 7) is 3.00. The van der Waals surface area contributed by atoms with Crippen molar-refractivity contribution >= 4 is 32.8 Å². The standard InChI is InChI=1S/C28H32N2OS/c31-27(22-7-1-2-8-22)25(26-12-3-4-16-29-26)14-19-30-17-6-10-21(13-18-30)24-11-5-9-23-15-20-32-28(23)24/h3-5,9,11-13,15-16,20,22,25H,1-2,6-8,10,14,17-19H2. The normalized spacial score (nSPS) is 19.1. The molecule has 1 aromatic carbocycles. The molecule has 3 heterocycles. The Morgan fingerprint density at radius 1 is 1.09 bits per heavy atom. The van der Waals surface area contributed by atoms with Crippen molar-refractivity contribution in [2.45, 2.75) is 50.9 Å². The molecule has 166 valence electrons. The summed E-state index contributed by atoms with van der Waals surface area (Å²) in [5, 5.41) is 3.54. The first kappa shape index (κ1) is 21.5. The van der Waals surface area contributed by atoms with Crippen LogP contribution in [0.1, 0.15) is 62.1 Å². The number of nitrogens with zero attached hydrogens (tertiary/aromatic N) is 2. The van der Waals surface area contributed by atoms with E-state index >= 15 is 0 Å². The van der Waals surface area contributed by atoms with Gasteiger partial charge in [0.25, 0.3) is 0 Å². The summed E-state index contributed by atoms with van der Waals surface area (Å²) in [5.41, 5.74) is 3.84. The van der Waals surface area contributed by atoms with Gasteiger partial charge in [0.2, 0.25) is 0 Å². The van der Waals surface area contributed by atoms with Gasteiger partial charge in [-0.3, -0.25) is 14.7 Å². The number of ketones is 1. The fraction of sp³-hybridized carbons (Fsp3) is 0.429. The lowest BCUT2D eigenvalue weighted by molar-refractivity contribution is -0.124. The fourth-order valence-electron chi connectivity index (χ4n) is 5.44. The Hall–Kier alpha value is -2.30. The molecule has 1 fully saturated rings. The van der Waals surface area contributed by atoms with Crippen LogP contribution in [-0.2, 0) is 4.79 Å². The molecule has 0 N–H and O–H groups in total. The summed E-state index contributed by atoms with van der Waals surface area (Å²) in [6.07, 6.45) is 11.9. The molecule has 32 heavy (non-hydrogen) atoms. The number of carbonyl (C=O) groups is 1. The van der Waals surface area contributed by atoms with Crippen LogP contribution < -0.4 is 0 Å². The van der Waals surface area contributed by atoms with Crippen molar-refractivity contribution in [2.24, 2.45) is 5.92 Å². The Balaban J connectivity index is 1.28.